The van der Waals surface area contributed by atoms with Crippen LogP contribution in [0.2, 0.25) is 0 Å². The van der Waals surface area contributed by atoms with Crippen molar-refractivity contribution < 1.29 is 19.1 Å². The zero-order valence-electron chi connectivity index (χ0n) is 19.9. The molecule has 0 radical (unpaired) electrons. The fourth-order valence-corrected chi connectivity index (χ4v) is 4.72. The maximum absolute atomic E-state index is 13.6. The van der Waals surface area contributed by atoms with Crippen LogP contribution in [-0.2, 0) is 19.1 Å². The first-order valence-corrected chi connectivity index (χ1v) is 11.1. The maximum atomic E-state index is 13.6. The molecule has 1 aliphatic carbocycles. The summed E-state index contributed by atoms with van der Waals surface area (Å²) in [6.45, 7) is 12.7. The fourth-order valence-electron chi connectivity index (χ4n) is 4.72. The Kier molecular flexibility index (Phi) is 7.75. The smallest absolute Gasteiger partial charge is 0.246 e. The van der Waals surface area contributed by atoms with Gasteiger partial charge in [0.1, 0.15) is 18.1 Å². The highest BCUT2D eigenvalue weighted by Crippen LogP contribution is 2.65. The molecule has 2 fully saturated rings. The quantitative estimate of drug-likeness (QED) is 0.538. The molecule has 3 amide bonds. The van der Waals surface area contributed by atoms with Gasteiger partial charge in [0.05, 0.1) is 6.07 Å². The topological polar surface area (TPSA) is 112 Å². The number of piperidine rings is 1. The lowest BCUT2D eigenvalue weighted by Gasteiger charge is -2.37. The molecule has 1 saturated carbocycles. The molecule has 5 atom stereocenters. The van der Waals surface area contributed by atoms with Gasteiger partial charge in [-0.05, 0) is 42.4 Å². The number of nitriles is 1. The van der Waals surface area contributed by atoms with E-state index >= 15 is 0 Å². The van der Waals surface area contributed by atoms with Crippen LogP contribution in [0.5, 0.6) is 0 Å². The summed E-state index contributed by atoms with van der Waals surface area (Å²) in [5.74, 6) is -0.389. The molecule has 1 saturated heterocycles. The van der Waals surface area contributed by atoms with Crippen molar-refractivity contribution in [2.75, 3.05) is 20.3 Å². The molecule has 1 aliphatic heterocycles. The molecule has 1 heterocycles. The second-order valence-corrected chi connectivity index (χ2v) is 10.6. The lowest BCUT2D eigenvalue weighted by atomic mass is 9.85. The van der Waals surface area contributed by atoms with E-state index in [1.54, 1.807) is 18.9 Å². The van der Waals surface area contributed by atoms with Crippen LogP contribution in [0.15, 0.2) is 0 Å². The van der Waals surface area contributed by atoms with Gasteiger partial charge >= 0.3 is 0 Å². The van der Waals surface area contributed by atoms with Crippen LogP contribution in [0.4, 0.5) is 0 Å². The number of methoxy groups -OCH3 is 1. The van der Waals surface area contributed by atoms with Gasteiger partial charge in [0.25, 0.3) is 0 Å². The molecule has 2 aliphatic rings. The number of carbonyl (C=O) groups is 3. The molecular weight excluding hydrogens is 396 g/mol. The second-order valence-electron chi connectivity index (χ2n) is 10.6. The minimum absolute atomic E-state index is 0.0174. The number of nitrogens with one attached hydrogen (secondary N) is 2. The predicted molar refractivity (Wildman–Crippen MR) is 117 cm³/mol. The molecular formula is C23H38N4O4. The average molecular weight is 435 g/mol. The average Bonchev–Trinajstić information content (AvgIpc) is 3.03. The minimum Gasteiger partial charge on any atom is -0.385 e. The zero-order chi connectivity index (χ0) is 23.6. The third-order valence-electron chi connectivity index (χ3n) is 6.73. The number of nitrogens with zero attached hydrogens (tertiary/aromatic N) is 2. The number of hydrogen-bond acceptors (Lipinski definition) is 5. The van der Waals surface area contributed by atoms with E-state index in [0.29, 0.717) is 26.0 Å². The van der Waals surface area contributed by atoms with E-state index in [2.05, 4.69) is 24.5 Å². The molecule has 31 heavy (non-hydrogen) atoms. The summed E-state index contributed by atoms with van der Waals surface area (Å²) in [4.78, 5) is 40.7. The van der Waals surface area contributed by atoms with Crippen LogP contribution >= 0.6 is 0 Å². The molecule has 2 rings (SSSR count). The first-order valence-electron chi connectivity index (χ1n) is 11.1. The Morgan fingerprint density at radius 3 is 2.42 bits per heavy atom. The Bertz CT molecular complexity index is 737. The highest BCUT2D eigenvalue weighted by atomic mass is 16.5. The van der Waals surface area contributed by atoms with Gasteiger partial charge in [-0.2, -0.15) is 5.26 Å². The van der Waals surface area contributed by atoms with Crippen LogP contribution in [0.25, 0.3) is 0 Å². The monoisotopic (exact) mass is 434 g/mol. The first-order chi connectivity index (χ1) is 14.4. The second kappa shape index (κ2) is 9.56. The van der Waals surface area contributed by atoms with E-state index in [4.69, 9.17) is 10.00 Å². The first kappa shape index (κ1) is 25.1. The molecule has 174 valence electrons. The van der Waals surface area contributed by atoms with Gasteiger partial charge in [0.15, 0.2) is 0 Å². The van der Waals surface area contributed by atoms with Crippen LogP contribution < -0.4 is 10.6 Å². The number of likely N-dealkylation sites (tertiary alicyclic amines) is 1. The van der Waals surface area contributed by atoms with E-state index in [-0.39, 0.29) is 35.0 Å². The summed E-state index contributed by atoms with van der Waals surface area (Å²) in [6, 6.07) is 0.0351. The van der Waals surface area contributed by atoms with Crippen LogP contribution in [0.1, 0.15) is 60.8 Å². The van der Waals surface area contributed by atoms with Gasteiger partial charge in [-0.3, -0.25) is 14.4 Å². The predicted octanol–water partition coefficient (Wildman–Crippen LogP) is 1.85. The van der Waals surface area contributed by atoms with Crippen molar-refractivity contribution in [1.82, 2.24) is 15.5 Å². The van der Waals surface area contributed by atoms with Gasteiger partial charge in [-0.25, -0.2) is 0 Å². The molecule has 2 N–H and O–H groups in total. The van der Waals surface area contributed by atoms with Gasteiger partial charge in [0.2, 0.25) is 17.7 Å². The van der Waals surface area contributed by atoms with E-state index in [1.807, 2.05) is 26.8 Å². The van der Waals surface area contributed by atoms with Crippen molar-refractivity contribution >= 4 is 17.7 Å². The lowest BCUT2D eigenvalue weighted by Crippen LogP contribution is -2.59. The summed E-state index contributed by atoms with van der Waals surface area (Å²) in [5, 5.41) is 14.7. The number of unbranched alkanes of at least 4 members (excludes halogenated alkanes) is 1. The standard InChI is InChI=1S/C23H38N4O4/c1-14(12-24)25-20(29)18-17-15(23(17,5)6)13-27(18)21(30)19(22(2,3)4)26-16(28)10-8-9-11-31-7/h14-15,17-19H,8-11,13H2,1-7H3,(H,25,29)(H,26,28)/t14-,15-,17-,18-,19+/m0/s1. The Labute approximate surface area is 186 Å². The number of hydrogen-bond donors (Lipinski definition) is 2. The van der Waals surface area contributed by atoms with E-state index in [9.17, 15) is 14.4 Å². The summed E-state index contributed by atoms with van der Waals surface area (Å²) in [6.07, 6.45) is 1.79. The molecule has 0 bridgehead atoms. The Morgan fingerprint density at radius 1 is 1.23 bits per heavy atom. The largest absolute Gasteiger partial charge is 0.385 e. The van der Waals surface area contributed by atoms with Crippen molar-refractivity contribution in [2.24, 2.45) is 22.7 Å². The highest BCUT2D eigenvalue weighted by molar-refractivity contribution is 5.94. The Hall–Kier alpha value is -2.14. The highest BCUT2D eigenvalue weighted by Gasteiger charge is 2.69. The van der Waals surface area contributed by atoms with Crippen LogP contribution in [0, 0.1) is 34.0 Å². The minimum atomic E-state index is -0.730. The third-order valence-corrected chi connectivity index (χ3v) is 6.73. The molecule has 0 aromatic heterocycles. The van der Waals surface area contributed by atoms with E-state index in [0.717, 1.165) is 6.42 Å². The number of amides is 3. The van der Waals surface area contributed by atoms with Crippen LogP contribution in [0.3, 0.4) is 0 Å². The Morgan fingerprint density at radius 2 is 1.87 bits per heavy atom. The van der Waals surface area contributed by atoms with Crippen molar-refractivity contribution in [3.8, 4) is 6.07 Å². The summed E-state index contributed by atoms with van der Waals surface area (Å²) in [5.41, 5.74) is -0.529. The molecule has 0 aromatic rings. The normalized spacial score (nSPS) is 25.7. The van der Waals surface area contributed by atoms with Crippen molar-refractivity contribution in [3.05, 3.63) is 0 Å². The van der Waals surface area contributed by atoms with Crippen molar-refractivity contribution in [1.29, 1.82) is 5.26 Å². The molecule has 0 aromatic carbocycles. The van der Waals surface area contributed by atoms with Gasteiger partial charge in [-0.1, -0.05) is 34.6 Å². The summed E-state index contributed by atoms with van der Waals surface area (Å²) >= 11 is 0. The molecule has 0 unspecified atom stereocenters. The molecule has 8 heteroatoms. The van der Waals surface area contributed by atoms with Crippen molar-refractivity contribution in [3.63, 3.8) is 0 Å². The number of rotatable bonds is 9. The van der Waals surface area contributed by atoms with Gasteiger partial charge < -0.3 is 20.3 Å². The third kappa shape index (κ3) is 5.57. The summed E-state index contributed by atoms with van der Waals surface area (Å²) < 4.78 is 5.01. The zero-order valence-corrected chi connectivity index (χ0v) is 19.9. The number of ether oxygens (including phenoxy) is 1. The van der Waals surface area contributed by atoms with Crippen molar-refractivity contribution in [2.45, 2.75) is 78.9 Å². The fraction of sp³-hybridized carbons (Fsp3) is 0.826. The number of carbonyl (C=O) groups excluding carboxylic acids is 3. The molecule has 8 nitrogen and oxygen atoms in total. The summed E-state index contributed by atoms with van der Waals surface area (Å²) in [7, 11) is 1.63. The van der Waals surface area contributed by atoms with E-state index in [1.165, 1.54) is 0 Å². The SMILES string of the molecule is COCCCCC(=O)N[C@H](C(=O)N1C[C@H]2[C@@H]([C@H]1C(=O)N[C@@H](C)C#N)C2(C)C)C(C)(C)C. The van der Waals surface area contributed by atoms with Gasteiger partial charge in [0, 0.05) is 26.7 Å². The van der Waals surface area contributed by atoms with E-state index < -0.39 is 23.5 Å². The van der Waals surface area contributed by atoms with Gasteiger partial charge in [-0.15, -0.1) is 0 Å². The maximum Gasteiger partial charge on any atom is 0.246 e. The number of fused-ring (bicyclic) bond motifs is 1. The Balaban J connectivity index is 2.16. The lowest BCUT2D eigenvalue weighted by molar-refractivity contribution is -0.145. The molecule has 0 spiro atoms. The van der Waals surface area contributed by atoms with Crippen LogP contribution in [-0.4, -0.2) is 61.0 Å².